The molecule has 1 aromatic rings. The molecule has 1 atom stereocenters. The summed E-state index contributed by atoms with van der Waals surface area (Å²) in [5, 5.41) is 3.43. The van der Waals surface area contributed by atoms with Crippen molar-refractivity contribution in [2.24, 2.45) is 0 Å². The van der Waals surface area contributed by atoms with Crippen LogP contribution in [0.5, 0.6) is 5.75 Å². The topological polar surface area (TPSA) is 91.4 Å². The summed E-state index contributed by atoms with van der Waals surface area (Å²) < 4.78 is 38.5. The highest BCUT2D eigenvalue weighted by atomic mass is 32.2. The first-order chi connectivity index (χ1) is 17.1. The molecule has 2 fully saturated rings. The van der Waals surface area contributed by atoms with Crippen LogP contribution in [0.1, 0.15) is 43.2 Å². The highest BCUT2D eigenvalue weighted by Crippen LogP contribution is 2.27. The van der Waals surface area contributed by atoms with E-state index in [4.69, 9.17) is 9.47 Å². The highest BCUT2D eigenvalue weighted by Gasteiger charge is 2.29. The van der Waals surface area contributed by atoms with E-state index >= 15 is 0 Å². The number of nitrogens with one attached hydrogen (secondary N) is 1. The number of ether oxygens (including phenoxy) is 2. The number of benzene rings is 1. The van der Waals surface area contributed by atoms with Gasteiger partial charge in [-0.05, 0) is 82.4 Å². The number of nitrogens with zero attached hydrogens (tertiary/aromatic N) is 3. The minimum absolute atomic E-state index is 0.0468. The average Bonchev–Trinajstić information content (AvgIpc) is 3.12. The number of piperidine rings is 1. The number of hydrogen-bond acceptors (Lipinski definition) is 7. The van der Waals surface area contributed by atoms with Crippen LogP contribution in [0.3, 0.4) is 0 Å². The maximum absolute atomic E-state index is 13.2. The SMILES string of the molecule is COc1cc(C)c(S(=O)(=O)N(C)CCOCC(=O)N(C)C2CCCCN(C3CCNCC3)C2)c(C)c1. The monoisotopic (exact) mass is 524 g/mol. The Morgan fingerprint density at radius 1 is 1.11 bits per heavy atom. The minimum atomic E-state index is -3.69. The summed E-state index contributed by atoms with van der Waals surface area (Å²) >= 11 is 0. The van der Waals surface area contributed by atoms with Gasteiger partial charge >= 0.3 is 0 Å². The Hall–Kier alpha value is -1.72. The quantitative estimate of drug-likeness (QED) is 0.468. The minimum Gasteiger partial charge on any atom is -0.497 e. The molecule has 10 heteroatoms. The van der Waals surface area contributed by atoms with Crippen molar-refractivity contribution < 1.29 is 22.7 Å². The molecule has 0 saturated carbocycles. The maximum Gasteiger partial charge on any atom is 0.248 e. The average molecular weight is 525 g/mol. The summed E-state index contributed by atoms with van der Waals surface area (Å²) in [5.41, 5.74) is 1.27. The van der Waals surface area contributed by atoms with E-state index in [1.165, 1.54) is 30.6 Å². The van der Waals surface area contributed by atoms with Crippen molar-refractivity contribution in [3.05, 3.63) is 23.3 Å². The molecule has 1 unspecified atom stereocenters. The van der Waals surface area contributed by atoms with Gasteiger partial charge in [-0.1, -0.05) is 6.42 Å². The fraction of sp³-hybridized carbons (Fsp3) is 0.731. The van der Waals surface area contributed by atoms with Crippen LogP contribution in [0.2, 0.25) is 0 Å². The summed E-state index contributed by atoms with van der Waals surface area (Å²) in [6.45, 7) is 7.94. The van der Waals surface area contributed by atoms with Gasteiger partial charge in [-0.25, -0.2) is 8.42 Å². The van der Waals surface area contributed by atoms with E-state index in [-0.39, 0.29) is 36.6 Å². The predicted molar refractivity (Wildman–Crippen MR) is 141 cm³/mol. The third-order valence-electron chi connectivity index (χ3n) is 7.56. The van der Waals surface area contributed by atoms with Gasteiger partial charge < -0.3 is 19.7 Å². The van der Waals surface area contributed by atoms with Crippen LogP contribution >= 0.6 is 0 Å². The number of likely N-dealkylation sites (N-methyl/N-ethyl adjacent to an activating group) is 2. The van der Waals surface area contributed by atoms with Crippen LogP contribution < -0.4 is 10.1 Å². The van der Waals surface area contributed by atoms with Crippen molar-refractivity contribution >= 4 is 15.9 Å². The molecule has 2 saturated heterocycles. The second-order valence-corrected chi connectivity index (χ2v) is 12.1. The zero-order valence-corrected chi connectivity index (χ0v) is 23.4. The Bertz CT molecular complexity index is 958. The number of methoxy groups -OCH3 is 1. The lowest BCUT2D eigenvalue weighted by atomic mass is 10.0. The molecule has 36 heavy (non-hydrogen) atoms. The summed E-state index contributed by atoms with van der Waals surface area (Å²) in [4.78, 5) is 17.6. The van der Waals surface area contributed by atoms with Crippen LogP contribution in [-0.4, -0.2) is 108 Å². The Balaban J connectivity index is 1.49. The van der Waals surface area contributed by atoms with Crippen LogP contribution in [0.25, 0.3) is 0 Å². The lowest BCUT2D eigenvalue weighted by Crippen LogP contribution is -2.50. The van der Waals surface area contributed by atoms with E-state index in [1.807, 2.05) is 11.9 Å². The fourth-order valence-electron chi connectivity index (χ4n) is 5.34. The van der Waals surface area contributed by atoms with Crippen LogP contribution in [-0.2, 0) is 19.6 Å². The van der Waals surface area contributed by atoms with Crippen molar-refractivity contribution in [3.63, 3.8) is 0 Å². The first-order valence-corrected chi connectivity index (χ1v) is 14.5. The van der Waals surface area contributed by atoms with Crippen molar-refractivity contribution in [1.82, 2.24) is 19.4 Å². The highest BCUT2D eigenvalue weighted by molar-refractivity contribution is 7.89. The third-order valence-corrected chi connectivity index (χ3v) is 9.72. The van der Waals surface area contributed by atoms with Crippen LogP contribution in [0.15, 0.2) is 17.0 Å². The van der Waals surface area contributed by atoms with Gasteiger partial charge in [0.05, 0.1) is 18.6 Å². The first kappa shape index (κ1) is 28.8. The molecule has 0 aromatic heterocycles. The summed E-state index contributed by atoms with van der Waals surface area (Å²) in [6, 6.07) is 4.22. The lowest BCUT2D eigenvalue weighted by Gasteiger charge is -2.37. The van der Waals surface area contributed by atoms with Gasteiger partial charge in [0.2, 0.25) is 15.9 Å². The Labute approximate surface area is 217 Å². The van der Waals surface area contributed by atoms with Crippen molar-refractivity contribution in [1.29, 1.82) is 0 Å². The van der Waals surface area contributed by atoms with Gasteiger partial charge in [-0.3, -0.25) is 9.69 Å². The molecular weight excluding hydrogens is 480 g/mol. The molecule has 1 N–H and O–H groups in total. The second kappa shape index (κ2) is 13.2. The van der Waals surface area contributed by atoms with Gasteiger partial charge in [0.25, 0.3) is 0 Å². The van der Waals surface area contributed by atoms with Crippen molar-refractivity contribution in [2.75, 3.05) is 67.1 Å². The number of likely N-dealkylation sites (tertiary alicyclic amines) is 1. The van der Waals surface area contributed by atoms with Crippen LogP contribution in [0, 0.1) is 13.8 Å². The molecule has 1 aromatic carbocycles. The van der Waals surface area contributed by atoms with E-state index in [9.17, 15) is 13.2 Å². The van der Waals surface area contributed by atoms with E-state index in [0.717, 1.165) is 39.0 Å². The summed E-state index contributed by atoms with van der Waals surface area (Å²) in [6.07, 6.45) is 5.63. The van der Waals surface area contributed by atoms with Gasteiger partial charge in [0.1, 0.15) is 12.4 Å². The van der Waals surface area contributed by atoms with E-state index in [0.29, 0.717) is 22.9 Å². The molecule has 2 aliphatic rings. The van der Waals surface area contributed by atoms with E-state index < -0.39 is 10.0 Å². The number of sulfonamides is 1. The number of hydrogen-bond donors (Lipinski definition) is 1. The molecule has 0 aliphatic carbocycles. The number of carbonyl (C=O) groups excluding carboxylic acids is 1. The molecule has 1 amide bonds. The molecule has 9 nitrogen and oxygen atoms in total. The second-order valence-electron chi connectivity index (χ2n) is 10.1. The van der Waals surface area contributed by atoms with Crippen LogP contribution in [0.4, 0.5) is 0 Å². The normalized spacial score (nSPS) is 20.3. The first-order valence-electron chi connectivity index (χ1n) is 13.0. The molecule has 0 radical (unpaired) electrons. The fourth-order valence-corrected chi connectivity index (χ4v) is 6.90. The molecular formula is C26H44N4O5S. The standard InChI is InChI=1S/C26H44N4O5S/c1-20-16-24(34-5)17-21(2)26(20)36(32,33)28(3)14-15-35-19-25(31)29(4)23-8-6-7-13-30(18-23)22-9-11-27-12-10-22/h16-17,22-23,27H,6-15,18-19H2,1-5H3. The molecule has 2 heterocycles. The molecule has 3 rings (SSSR count). The zero-order valence-electron chi connectivity index (χ0n) is 22.6. The van der Waals surface area contributed by atoms with E-state index in [1.54, 1.807) is 33.1 Å². The predicted octanol–water partition coefficient (Wildman–Crippen LogP) is 2.01. The molecule has 204 valence electrons. The van der Waals surface area contributed by atoms with Gasteiger partial charge in [-0.2, -0.15) is 4.31 Å². The Kier molecular flexibility index (Phi) is 10.6. The number of amides is 1. The third kappa shape index (κ3) is 7.19. The molecule has 0 spiro atoms. The number of rotatable bonds is 10. The Morgan fingerprint density at radius 3 is 2.42 bits per heavy atom. The summed E-state index contributed by atoms with van der Waals surface area (Å²) in [5.74, 6) is 0.574. The van der Waals surface area contributed by atoms with Gasteiger partial charge in [0, 0.05) is 39.3 Å². The lowest BCUT2D eigenvalue weighted by molar-refractivity contribution is -0.137. The van der Waals surface area contributed by atoms with Gasteiger partial charge in [0.15, 0.2) is 0 Å². The number of carbonyl (C=O) groups is 1. The largest absolute Gasteiger partial charge is 0.497 e. The smallest absolute Gasteiger partial charge is 0.248 e. The molecule has 2 aliphatic heterocycles. The van der Waals surface area contributed by atoms with Crippen molar-refractivity contribution in [3.8, 4) is 5.75 Å². The summed E-state index contributed by atoms with van der Waals surface area (Å²) in [7, 11) is 1.28. The number of aryl methyl sites for hydroxylation is 2. The molecule has 0 bridgehead atoms. The van der Waals surface area contributed by atoms with Crippen molar-refractivity contribution in [2.45, 2.75) is 62.9 Å². The van der Waals surface area contributed by atoms with E-state index in [2.05, 4.69) is 10.2 Å². The zero-order chi connectivity index (χ0) is 26.3. The van der Waals surface area contributed by atoms with Gasteiger partial charge in [-0.15, -0.1) is 0 Å². The maximum atomic E-state index is 13.2. The Morgan fingerprint density at radius 2 is 1.78 bits per heavy atom.